The minimum absolute atomic E-state index is 0.308. The molecule has 0 saturated carbocycles. The summed E-state index contributed by atoms with van der Waals surface area (Å²) in [6.07, 6.45) is 4.63. The molecule has 1 aliphatic heterocycles. The minimum Gasteiger partial charge on any atom is -0.495 e. The van der Waals surface area contributed by atoms with Crippen LogP contribution in [0, 0.1) is 5.41 Å². The SMILES string of the molecule is COc1cc(OC)c(Cl)c(-c2cc(C=N)c(N)c(NCCCCN3CCC(OC)C3)n2)c1Cl. The first-order chi connectivity index (χ1) is 15.9. The Bertz CT molecular complexity index is 961. The van der Waals surface area contributed by atoms with Gasteiger partial charge in [0.1, 0.15) is 11.5 Å². The summed E-state index contributed by atoms with van der Waals surface area (Å²) < 4.78 is 16.2. The number of nitrogen functional groups attached to an aromatic ring is 1. The summed E-state index contributed by atoms with van der Waals surface area (Å²) in [7, 11) is 4.80. The van der Waals surface area contributed by atoms with E-state index >= 15 is 0 Å². The lowest BCUT2D eigenvalue weighted by molar-refractivity contribution is 0.108. The summed E-state index contributed by atoms with van der Waals surface area (Å²) >= 11 is 13.1. The van der Waals surface area contributed by atoms with Crippen LogP contribution in [-0.2, 0) is 4.74 Å². The van der Waals surface area contributed by atoms with Crippen LogP contribution in [0.5, 0.6) is 11.5 Å². The maximum atomic E-state index is 7.78. The molecule has 1 atom stereocenters. The van der Waals surface area contributed by atoms with Crippen LogP contribution in [0.3, 0.4) is 0 Å². The fourth-order valence-electron chi connectivity index (χ4n) is 3.93. The van der Waals surface area contributed by atoms with Gasteiger partial charge < -0.3 is 35.6 Å². The van der Waals surface area contributed by atoms with E-state index in [9.17, 15) is 0 Å². The van der Waals surface area contributed by atoms with Crippen molar-refractivity contribution in [3.63, 3.8) is 0 Å². The van der Waals surface area contributed by atoms with Crippen molar-refractivity contribution >= 4 is 40.9 Å². The van der Waals surface area contributed by atoms with Gasteiger partial charge in [0.2, 0.25) is 0 Å². The number of aromatic nitrogens is 1. The van der Waals surface area contributed by atoms with Gasteiger partial charge in [-0.3, -0.25) is 0 Å². The average Bonchev–Trinajstić information content (AvgIpc) is 3.28. The summed E-state index contributed by atoms with van der Waals surface area (Å²) in [6.45, 7) is 3.80. The van der Waals surface area contributed by atoms with Crippen molar-refractivity contribution in [2.75, 3.05) is 58.6 Å². The number of ether oxygens (including phenoxy) is 3. The maximum Gasteiger partial charge on any atom is 0.150 e. The molecule has 1 aromatic carbocycles. The predicted octanol–water partition coefficient (Wildman–Crippen LogP) is 4.57. The first-order valence-corrected chi connectivity index (χ1v) is 11.6. The molecule has 2 heterocycles. The van der Waals surface area contributed by atoms with E-state index in [1.807, 2.05) is 0 Å². The lowest BCUT2D eigenvalue weighted by Gasteiger charge is -2.17. The van der Waals surface area contributed by atoms with Crippen LogP contribution in [-0.4, -0.2) is 69.7 Å². The van der Waals surface area contributed by atoms with Crippen LogP contribution in [0.1, 0.15) is 24.8 Å². The number of unbranched alkanes of at least 4 members (excludes halogenated alkanes) is 1. The summed E-state index contributed by atoms with van der Waals surface area (Å²) in [6, 6.07) is 3.30. The van der Waals surface area contributed by atoms with Gasteiger partial charge in [-0.05, 0) is 31.9 Å². The number of likely N-dealkylation sites (tertiary alicyclic amines) is 1. The third-order valence-electron chi connectivity index (χ3n) is 5.83. The average molecular weight is 496 g/mol. The zero-order chi connectivity index (χ0) is 24.0. The molecule has 0 spiro atoms. The monoisotopic (exact) mass is 495 g/mol. The highest BCUT2D eigenvalue weighted by atomic mass is 35.5. The smallest absolute Gasteiger partial charge is 0.150 e. The van der Waals surface area contributed by atoms with Crippen LogP contribution in [0.25, 0.3) is 11.3 Å². The molecule has 3 rings (SSSR count). The second-order valence-corrected chi connectivity index (χ2v) is 8.62. The number of halogens is 2. The van der Waals surface area contributed by atoms with E-state index in [2.05, 4.69) is 15.2 Å². The van der Waals surface area contributed by atoms with Gasteiger partial charge in [-0.15, -0.1) is 0 Å². The van der Waals surface area contributed by atoms with Crippen molar-refractivity contribution in [1.29, 1.82) is 5.41 Å². The number of benzene rings is 1. The van der Waals surface area contributed by atoms with Gasteiger partial charge in [0, 0.05) is 50.2 Å². The molecule has 0 amide bonds. The summed E-state index contributed by atoms with van der Waals surface area (Å²) in [5.41, 5.74) is 8.11. The molecule has 2 aromatic rings. The van der Waals surface area contributed by atoms with Crippen LogP contribution in [0.15, 0.2) is 12.1 Å². The second-order valence-electron chi connectivity index (χ2n) is 7.87. The number of methoxy groups -OCH3 is 3. The molecule has 180 valence electrons. The number of hydrogen-bond acceptors (Lipinski definition) is 8. The number of nitrogens with one attached hydrogen (secondary N) is 2. The standard InChI is InChI=1S/C23H31Cl2N5O3/c1-31-15-6-9-30(13-15)8-5-4-7-28-23-22(27)14(12-26)10-16(29-23)19-20(24)17(32-2)11-18(33-3)21(19)25/h10-12,15,26H,4-9,13,27H2,1-3H3,(H,28,29). The highest BCUT2D eigenvalue weighted by Gasteiger charge is 2.22. The van der Waals surface area contributed by atoms with Gasteiger partial charge in [-0.25, -0.2) is 4.98 Å². The molecule has 1 unspecified atom stereocenters. The Kier molecular flexibility index (Phi) is 9.02. The van der Waals surface area contributed by atoms with Gasteiger partial charge in [-0.2, -0.15) is 0 Å². The first kappa shape index (κ1) is 25.4. The van der Waals surface area contributed by atoms with E-state index in [0.717, 1.165) is 38.9 Å². The van der Waals surface area contributed by atoms with E-state index in [1.54, 1.807) is 19.2 Å². The maximum absolute atomic E-state index is 7.78. The lowest BCUT2D eigenvalue weighted by Crippen LogP contribution is -2.24. The van der Waals surface area contributed by atoms with Crippen LogP contribution in [0.4, 0.5) is 11.5 Å². The van der Waals surface area contributed by atoms with E-state index in [0.29, 0.717) is 62.5 Å². The van der Waals surface area contributed by atoms with Crippen molar-refractivity contribution in [3.8, 4) is 22.8 Å². The molecule has 1 saturated heterocycles. The zero-order valence-corrected chi connectivity index (χ0v) is 20.7. The first-order valence-electron chi connectivity index (χ1n) is 10.8. The van der Waals surface area contributed by atoms with E-state index in [1.165, 1.54) is 20.4 Å². The fourth-order valence-corrected chi connectivity index (χ4v) is 4.62. The Morgan fingerprint density at radius 1 is 1.18 bits per heavy atom. The molecular formula is C23H31Cl2N5O3. The van der Waals surface area contributed by atoms with Crippen molar-refractivity contribution in [2.45, 2.75) is 25.4 Å². The molecule has 10 heteroatoms. The lowest BCUT2D eigenvalue weighted by atomic mass is 10.1. The number of rotatable bonds is 11. The zero-order valence-electron chi connectivity index (χ0n) is 19.2. The summed E-state index contributed by atoms with van der Waals surface area (Å²) in [5.74, 6) is 1.31. The molecule has 1 aromatic heterocycles. The molecule has 1 aliphatic rings. The van der Waals surface area contributed by atoms with Gasteiger partial charge in [0.25, 0.3) is 0 Å². The minimum atomic E-state index is 0.308. The Morgan fingerprint density at radius 2 is 1.88 bits per heavy atom. The third-order valence-corrected chi connectivity index (χ3v) is 6.58. The van der Waals surface area contributed by atoms with Crippen molar-refractivity contribution in [1.82, 2.24) is 9.88 Å². The topological polar surface area (TPSA) is 106 Å². The van der Waals surface area contributed by atoms with Gasteiger partial charge in [-0.1, -0.05) is 23.2 Å². The quantitative estimate of drug-likeness (QED) is 0.309. The number of nitrogens with zero attached hydrogens (tertiary/aromatic N) is 2. The molecule has 33 heavy (non-hydrogen) atoms. The largest absolute Gasteiger partial charge is 0.495 e. The molecule has 4 N–H and O–H groups in total. The summed E-state index contributed by atoms with van der Waals surface area (Å²) in [4.78, 5) is 7.10. The number of pyridine rings is 1. The number of nitrogens with two attached hydrogens (primary N) is 1. The van der Waals surface area contributed by atoms with Gasteiger partial charge >= 0.3 is 0 Å². The second kappa shape index (κ2) is 11.7. The molecule has 0 bridgehead atoms. The molecule has 0 aliphatic carbocycles. The molecular weight excluding hydrogens is 465 g/mol. The Hall–Kier alpha value is -2.26. The van der Waals surface area contributed by atoms with Crippen LogP contribution < -0.4 is 20.5 Å². The Labute approximate surface area is 204 Å². The van der Waals surface area contributed by atoms with Gasteiger partial charge in [0.05, 0.1) is 41.8 Å². The Morgan fingerprint density at radius 3 is 2.45 bits per heavy atom. The number of hydrogen-bond donors (Lipinski definition) is 3. The third kappa shape index (κ3) is 5.81. The number of anilines is 2. The molecule has 8 nitrogen and oxygen atoms in total. The predicted molar refractivity (Wildman–Crippen MR) is 135 cm³/mol. The van der Waals surface area contributed by atoms with Crippen molar-refractivity contribution in [3.05, 3.63) is 27.7 Å². The highest BCUT2D eigenvalue weighted by molar-refractivity contribution is 6.41. The van der Waals surface area contributed by atoms with Crippen LogP contribution >= 0.6 is 23.2 Å². The van der Waals surface area contributed by atoms with Crippen LogP contribution in [0.2, 0.25) is 10.0 Å². The summed E-state index contributed by atoms with van der Waals surface area (Å²) in [5, 5.41) is 11.7. The van der Waals surface area contributed by atoms with E-state index in [-0.39, 0.29) is 0 Å². The fraction of sp³-hybridized carbons (Fsp3) is 0.478. The molecule has 1 fully saturated rings. The Balaban J connectivity index is 1.77. The normalized spacial score (nSPS) is 16.1. The van der Waals surface area contributed by atoms with E-state index in [4.69, 9.17) is 48.6 Å². The van der Waals surface area contributed by atoms with E-state index < -0.39 is 0 Å². The van der Waals surface area contributed by atoms with Gasteiger partial charge in [0.15, 0.2) is 5.82 Å². The molecule has 0 radical (unpaired) electrons. The van der Waals surface area contributed by atoms with Crippen molar-refractivity contribution in [2.24, 2.45) is 0 Å². The van der Waals surface area contributed by atoms with Crippen molar-refractivity contribution < 1.29 is 14.2 Å². The highest BCUT2D eigenvalue weighted by Crippen LogP contribution is 2.46.